The van der Waals surface area contributed by atoms with Crippen LogP contribution >= 0.6 is 0 Å². The number of hydrogen-bond donors (Lipinski definition) is 0. The van der Waals surface area contributed by atoms with Crippen molar-refractivity contribution in [1.82, 2.24) is 0 Å². The van der Waals surface area contributed by atoms with E-state index in [9.17, 15) is 4.79 Å². The summed E-state index contributed by atoms with van der Waals surface area (Å²) in [6.07, 6.45) is 2.55. The molecule has 2 aromatic rings. The minimum absolute atomic E-state index is 0.165. The quantitative estimate of drug-likeness (QED) is 0.241. The first-order chi connectivity index (χ1) is 15.7. The largest absolute Gasteiger partial charge is 0.461 e. The van der Waals surface area contributed by atoms with Gasteiger partial charge < -0.3 is 13.9 Å². The van der Waals surface area contributed by atoms with E-state index in [0.717, 1.165) is 22.4 Å². The first kappa shape index (κ1) is 26.6. The SMILES string of the molecule is CCC(O[Si](C#CCOC)(c1ccccc1)c1ccccc1)/C(C)=C/COC(=O)C(C)(C)C. The molecular weight excluding hydrogens is 428 g/mol. The molecule has 176 valence electrons. The molecule has 0 heterocycles. The molecule has 5 heteroatoms. The van der Waals surface area contributed by atoms with Gasteiger partial charge in [0.1, 0.15) is 13.2 Å². The Hall–Kier alpha value is -2.65. The molecule has 4 nitrogen and oxygen atoms in total. The van der Waals surface area contributed by atoms with Gasteiger partial charge in [-0.3, -0.25) is 4.79 Å². The van der Waals surface area contributed by atoms with Crippen LogP contribution in [-0.2, 0) is 18.7 Å². The van der Waals surface area contributed by atoms with E-state index in [1.54, 1.807) is 7.11 Å². The van der Waals surface area contributed by atoms with E-state index in [1.807, 2.05) is 70.2 Å². The van der Waals surface area contributed by atoms with E-state index in [2.05, 4.69) is 42.7 Å². The smallest absolute Gasteiger partial charge is 0.337 e. The minimum Gasteiger partial charge on any atom is -0.461 e. The van der Waals surface area contributed by atoms with Gasteiger partial charge in [-0.2, -0.15) is 0 Å². The monoisotopic (exact) mass is 464 g/mol. The molecule has 0 N–H and O–H groups in total. The molecule has 0 aliphatic carbocycles. The van der Waals surface area contributed by atoms with Crippen LogP contribution in [0.15, 0.2) is 72.3 Å². The van der Waals surface area contributed by atoms with Crippen molar-refractivity contribution >= 4 is 24.7 Å². The highest BCUT2D eigenvalue weighted by molar-refractivity contribution is 7.03. The van der Waals surface area contributed by atoms with Crippen LogP contribution in [0.4, 0.5) is 0 Å². The van der Waals surface area contributed by atoms with Gasteiger partial charge in [0.25, 0.3) is 0 Å². The van der Waals surface area contributed by atoms with Crippen molar-refractivity contribution in [2.45, 2.75) is 47.1 Å². The number of rotatable bonds is 9. The Morgan fingerprint density at radius 2 is 1.58 bits per heavy atom. The van der Waals surface area contributed by atoms with Crippen molar-refractivity contribution in [3.63, 3.8) is 0 Å². The Labute approximate surface area is 200 Å². The summed E-state index contributed by atoms with van der Waals surface area (Å²) in [4.78, 5) is 12.1. The number of ether oxygens (including phenoxy) is 2. The third-order valence-corrected chi connectivity index (χ3v) is 8.73. The number of methoxy groups -OCH3 is 1. The van der Waals surface area contributed by atoms with Crippen LogP contribution in [-0.4, -0.2) is 40.7 Å². The molecule has 0 bridgehead atoms. The Balaban J connectivity index is 2.45. The second-order valence-electron chi connectivity index (χ2n) is 8.96. The molecule has 0 saturated carbocycles. The molecule has 0 amide bonds. The first-order valence-corrected chi connectivity index (χ1v) is 13.3. The number of hydrogen-bond acceptors (Lipinski definition) is 4. The fourth-order valence-electron chi connectivity index (χ4n) is 3.36. The zero-order valence-electron chi connectivity index (χ0n) is 20.7. The van der Waals surface area contributed by atoms with Gasteiger partial charge in [0.2, 0.25) is 0 Å². The van der Waals surface area contributed by atoms with Gasteiger partial charge >= 0.3 is 14.3 Å². The van der Waals surface area contributed by atoms with Gasteiger partial charge in [-0.05, 0) is 56.1 Å². The summed E-state index contributed by atoms with van der Waals surface area (Å²) in [5, 5.41) is 2.18. The molecule has 1 atom stereocenters. The normalized spacial score (nSPS) is 13.1. The van der Waals surface area contributed by atoms with Crippen LogP contribution in [0.5, 0.6) is 0 Å². The highest BCUT2D eigenvalue weighted by atomic mass is 28.4. The number of carbonyl (C=O) groups excluding carboxylic acids is 1. The number of benzene rings is 2. The van der Waals surface area contributed by atoms with Crippen molar-refractivity contribution in [2.75, 3.05) is 20.3 Å². The summed E-state index contributed by atoms with van der Waals surface area (Å²) in [5.41, 5.74) is 4.01. The van der Waals surface area contributed by atoms with Crippen LogP contribution in [0.1, 0.15) is 41.0 Å². The predicted molar refractivity (Wildman–Crippen MR) is 137 cm³/mol. The fourth-order valence-corrected chi connectivity index (χ4v) is 6.74. The Kier molecular flexibility index (Phi) is 10.1. The van der Waals surface area contributed by atoms with Crippen molar-refractivity contribution in [2.24, 2.45) is 5.41 Å². The third-order valence-electron chi connectivity index (χ3n) is 5.27. The standard InChI is InChI=1S/C28H36O4Si/c1-7-26(23(2)19-21-31-27(29)28(3,4)5)32-33(22-14-20-30-6,24-15-10-8-11-16-24)25-17-12-9-13-18-25/h8-13,15-19,26H,7,20-21H2,1-6H3/b23-19+. The van der Waals surface area contributed by atoms with Gasteiger partial charge in [0.15, 0.2) is 0 Å². The summed E-state index contributed by atoms with van der Waals surface area (Å²) < 4.78 is 17.7. The maximum Gasteiger partial charge on any atom is 0.337 e. The van der Waals surface area contributed by atoms with Crippen molar-refractivity contribution in [3.8, 4) is 11.5 Å². The summed E-state index contributed by atoms with van der Waals surface area (Å²) >= 11 is 0. The highest BCUT2D eigenvalue weighted by Gasteiger charge is 2.41. The van der Waals surface area contributed by atoms with Gasteiger partial charge in [-0.15, -0.1) is 0 Å². The summed E-state index contributed by atoms with van der Waals surface area (Å²) in [6.45, 7) is 10.2. The summed E-state index contributed by atoms with van der Waals surface area (Å²) in [7, 11) is -1.27. The summed E-state index contributed by atoms with van der Waals surface area (Å²) in [6, 6.07) is 20.5. The number of esters is 1. The second-order valence-corrected chi connectivity index (χ2v) is 12.0. The fraction of sp³-hybridized carbons (Fsp3) is 0.393. The average Bonchev–Trinajstić information content (AvgIpc) is 2.82. The third kappa shape index (κ3) is 7.43. The lowest BCUT2D eigenvalue weighted by Crippen LogP contribution is -2.62. The predicted octanol–water partition coefficient (Wildman–Crippen LogP) is 4.27. The zero-order chi connectivity index (χ0) is 24.3. The molecule has 0 aliphatic rings. The Morgan fingerprint density at radius 1 is 1.03 bits per heavy atom. The molecule has 0 aromatic heterocycles. The average molecular weight is 465 g/mol. The van der Waals surface area contributed by atoms with E-state index in [0.29, 0.717) is 6.61 Å². The Bertz CT molecular complexity index is 926. The topological polar surface area (TPSA) is 44.8 Å². The molecule has 0 radical (unpaired) electrons. The van der Waals surface area contributed by atoms with E-state index >= 15 is 0 Å². The van der Waals surface area contributed by atoms with Crippen LogP contribution in [0.25, 0.3) is 0 Å². The van der Waals surface area contributed by atoms with E-state index in [1.165, 1.54) is 0 Å². The zero-order valence-corrected chi connectivity index (χ0v) is 21.7. The minimum atomic E-state index is -2.91. The first-order valence-electron chi connectivity index (χ1n) is 11.4. The van der Waals surface area contributed by atoms with Crippen LogP contribution in [0, 0.1) is 16.9 Å². The Morgan fingerprint density at radius 3 is 2.03 bits per heavy atom. The molecular formula is C28H36O4Si. The number of carbonyl (C=O) groups is 1. The van der Waals surface area contributed by atoms with Gasteiger partial charge in [-0.25, -0.2) is 0 Å². The molecule has 0 fully saturated rings. The summed E-state index contributed by atoms with van der Waals surface area (Å²) in [5.74, 6) is 2.97. The lowest BCUT2D eigenvalue weighted by Gasteiger charge is -2.32. The molecule has 0 saturated heterocycles. The van der Waals surface area contributed by atoms with Gasteiger partial charge in [-0.1, -0.05) is 79.1 Å². The van der Waals surface area contributed by atoms with Gasteiger partial charge in [0, 0.05) is 7.11 Å². The second kappa shape index (κ2) is 12.6. The lowest BCUT2D eigenvalue weighted by molar-refractivity contribution is -0.151. The van der Waals surface area contributed by atoms with E-state index < -0.39 is 13.7 Å². The maximum absolute atomic E-state index is 12.1. The van der Waals surface area contributed by atoms with Crippen LogP contribution in [0.2, 0.25) is 0 Å². The van der Waals surface area contributed by atoms with E-state index in [4.69, 9.17) is 13.9 Å². The molecule has 2 rings (SSSR count). The van der Waals surface area contributed by atoms with Crippen LogP contribution in [0.3, 0.4) is 0 Å². The van der Waals surface area contributed by atoms with Gasteiger partial charge in [0.05, 0.1) is 11.5 Å². The van der Waals surface area contributed by atoms with Crippen molar-refractivity contribution < 1.29 is 18.7 Å². The molecule has 33 heavy (non-hydrogen) atoms. The van der Waals surface area contributed by atoms with E-state index in [-0.39, 0.29) is 18.7 Å². The molecule has 0 aliphatic heterocycles. The van der Waals surface area contributed by atoms with Crippen molar-refractivity contribution in [3.05, 3.63) is 72.3 Å². The maximum atomic E-state index is 12.1. The molecule has 2 aromatic carbocycles. The van der Waals surface area contributed by atoms with Crippen molar-refractivity contribution in [1.29, 1.82) is 0 Å². The molecule has 0 spiro atoms. The highest BCUT2D eigenvalue weighted by Crippen LogP contribution is 2.19. The lowest BCUT2D eigenvalue weighted by atomic mass is 9.97. The molecule has 1 unspecified atom stereocenters. The van der Waals surface area contributed by atoms with Crippen LogP contribution < -0.4 is 10.4 Å².